The normalized spacial score (nSPS) is 9.67. The van der Waals surface area contributed by atoms with Crippen molar-refractivity contribution in [2.24, 2.45) is 5.73 Å². The van der Waals surface area contributed by atoms with Crippen molar-refractivity contribution in [3.8, 4) is 11.8 Å². The zero-order valence-corrected chi connectivity index (χ0v) is 11.6. The van der Waals surface area contributed by atoms with Crippen LogP contribution in [-0.2, 0) is 0 Å². The first kappa shape index (κ1) is 14.8. The molecule has 1 amide bonds. The lowest BCUT2D eigenvalue weighted by Crippen LogP contribution is -2.13. The van der Waals surface area contributed by atoms with Crippen molar-refractivity contribution in [1.29, 1.82) is 0 Å². The zero-order chi connectivity index (χ0) is 15.2. The summed E-state index contributed by atoms with van der Waals surface area (Å²) in [5, 5.41) is 2.69. The molecule has 0 spiro atoms. The highest BCUT2D eigenvalue weighted by molar-refractivity contribution is 6.04. The number of hydrogen-bond acceptors (Lipinski definition) is 2. The molecule has 2 aromatic rings. The third kappa shape index (κ3) is 3.68. The van der Waals surface area contributed by atoms with Crippen LogP contribution in [0.2, 0.25) is 0 Å². The topological polar surface area (TPSA) is 55.1 Å². The minimum Gasteiger partial charge on any atom is -0.322 e. The Balaban J connectivity index is 2.15. The molecule has 0 aliphatic heterocycles. The van der Waals surface area contributed by atoms with Gasteiger partial charge in [-0.3, -0.25) is 4.79 Å². The number of rotatable bonds is 2. The number of halogens is 1. The van der Waals surface area contributed by atoms with E-state index in [1.165, 1.54) is 6.07 Å². The first-order valence-corrected chi connectivity index (χ1v) is 6.47. The highest BCUT2D eigenvalue weighted by atomic mass is 19.1. The maximum absolute atomic E-state index is 13.4. The van der Waals surface area contributed by atoms with Gasteiger partial charge in [0.15, 0.2) is 0 Å². The summed E-state index contributed by atoms with van der Waals surface area (Å²) in [6, 6.07) is 11.4. The van der Waals surface area contributed by atoms with Crippen LogP contribution >= 0.6 is 0 Å². The van der Waals surface area contributed by atoms with Crippen LogP contribution in [0, 0.1) is 24.6 Å². The van der Waals surface area contributed by atoms with E-state index in [1.807, 2.05) is 0 Å². The molecule has 0 atom stereocenters. The Morgan fingerprint density at radius 2 is 1.95 bits per heavy atom. The minimum atomic E-state index is -0.347. The van der Waals surface area contributed by atoms with Crippen LogP contribution in [-0.4, -0.2) is 12.5 Å². The van der Waals surface area contributed by atoms with Gasteiger partial charge in [-0.15, -0.1) is 0 Å². The lowest BCUT2D eigenvalue weighted by atomic mass is 10.1. The predicted molar refractivity (Wildman–Crippen MR) is 81.5 cm³/mol. The number of nitrogens with two attached hydrogens (primary N) is 1. The fraction of sp³-hybridized carbons (Fsp3) is 0.118. The van der Waals surface area contributed by atoms with E-state index in [0.717, 1.165) is 5.56 Å². The van der Waals surface area contributed by atoms with E-state index in [2.05, 4.69) is 17.2 Å². The summed E-state index contributed by atoms with van der Waals surface area (Å²) >= 11 is 0. The van der Waals surface area contributed by atoms with Crippen LogP contribution in [0.5, 0.6) is 0 Å². The highest BCUT2D eigenvalue weighted by Crippen LogP contribution is 2.18. The molecular formula is C17H15FN2O. The van der Waals surface area contributed by atoms with Gasteiger partial charge < -0.3 is 11.1 Å². The van der Waals surface area contributed by atoms with Crippen molar-refractivity contribution < 1.29 is 9.18 Å². The van der Waals surface area contributed by atoms with Crippen molar-refractivity contribution in [2.75, 3.05) is 11.9 Å². The van der Waals surface area contributed by atoms with Gasteiger partial charge in [0.05, 0.1) is 6.54 Å². The zero-order valence-electron chi connectivity index (χ0n) is 11.6. The maximum atomic E-state index is 13.4. The molecule has 0 aliphatic carbocycles. The summed E-state index contributed by atoms with van der Waals surface area (Å²) in [5.74, 6) is 4.99. The van der Waals surface area contributed by atoms with Crippen LogP contribution in [0.4, 0.5) is 10.1 Å². The number of hydrogen-bond donors (Lipinski definition) is 2. The second kappa shape index (κ2) is 6.69. The lowest BCUT2D eigenvalue weighted by molar-refractivity contribution is 0.102. The first-order chi connectivity index (χ1) is 10.1. The van der Waals surface area contributed by atoms with Crippen molar-refractivity contribution in [2.45, 2.75) is 6.92 Å². The van der Waals surface area contributed by atoms with E-state index in [0.29, 0.717) is 23.4 Å². The van der Waals surface area contributed by atoms with E-state index in [9.17, 15) is 9.18 Å². The molecule has 0 saturated carbocycles. The highest BCUT2D eigenvalue weighted by Gasteiger charge is 2.09. The Bertz CT molecular complexity index is 712. The molecule has 0 unspecified atom stereocenters. The van der Waals surface area contributed by atoms with Gasteiger partial charge in [0.25, 0.3) is 5.91 Å². The number of nitrogens with one attached hydrogen (secondary N) is 1. The van der Waals surface area contributed by atoms with Crippen LogP contribution in [0.1, 0.15) is 21.5 Å². The first-order valence-electron chi connectivity index (χ1n) is 6.47. The molecule has 0 bridgehead atoms. The average Bonchev–Trinajstić information content (AvgIpc) is 2.50. The molecule has 0 saturated heterocycles. The largest absolute Gasteiger partial charge is 0.322 e. The van der Waals surface area contributed by atoms with E-state index in [-0.39, 0.29) is 11.7 Å². The summed E-state index contributed by atoms with van der Waals surface area (Å²) in [6.45, 7) is 1.91. The van der Waals surface area contributed by atoms with Crippen LogP contribution in [0.3, 0.4) is 0 Å². The standard InChI is InChI=1S/C17H15FN2O/c1-12-15(18)5-2-6-16(12)20-17(21)14-9-7-13(8-10-14)4-3-11-19/h2,5-10H,11,19H2,1H3,(H,20,21). The van der Waals surface area contributed by atoms with Gasteiger partial charge in [0.1, 0.15) is 5.82 Å². The molecule has 0 radical (unpaired) electrons. The van der Waals surface area contributed by atoms with Gasteiger partial charge in [0.2, 0.25) is 0 Å². The van der Waals surface area contributed by atoms with Crippen LogP contribution in [0.25, 0.3) is 0 Å². The number of carbonyl (C=O) groups excluding carboxylic acids is 1. The molecular weight excluding hydrogens is 267 g/mol. The fourth-order valence-corrected chi connectivity index (χ4v) is 1.80. The SMILES string of the molecule is Cc1c(F)cccc1NC(=O)c1ccc(C#CCN)cc1. The minimum absolute atomic E-state index is 0.290. The van der Waals surface area contributed by atoms with E-state index in [1.54, 1.807) is 43.3 Å². The molecule has 21 heavy (non-hydrogen) atoms. The van der Waals surface area contributed by atoms with Gasteiger partial charge in [-0.25, -0.2) is 4.39 Å². The Morgan fingerprint density at radius 3 is 2.62 bits per heavy atom. The number of carbonyl (C=O) groups is 1. The van der Waals surface area contributed by atoms with Gasteiger partial charge in [0, 0.05) is 22.4 Å². The average molecular weight is 282 g/mol. The van der Waals surface area contributed by atoms with Crippen LogP contribution < -0.4 is 11.1 Å². The third-order valence-corrected chi connectivity index (χ3v) is 3.00. The number of amides is 1. The van der Waals surface area contributed by atoms with Crippen molar-refractivity contribution in [3.63, 3.8) is 0 Å². The summed E-state index contributed by atoms with van der Waals surface area (Å²) in [7, 11) is 0. The second-order valence-corrected chi connectivity index (χ2v) is 4.45. The third-order valence-electron chi connectivity index (χ3n) is 3.00. The van der Waals surface area contributed by atoms with Gasteiger partial charge in [-0.1, -0.05) is 17.9 Å². The smallest absolute Gasteiger partial charge is 0.255 e. The summed E-state index contributed by atoms with van der Waals surface area (Å²) in [5.41, 5.74) is 7.45. The molecule has 0 fully saturated rings. The van der Waals surface area contributed by atoms with Crippen LogP contribution in [0.15, 0.2) is 42.5 Å². The van der Waals surface area contributed by atoms with E-state index < -0.39 is 0 Å². The van der Waals surface area contributed by atoms with Crippen molar-refractivity contribution in [3.05, 3.63) is 65.0 Å². The predicted octanol–water partition coefficient (Wildman–Crippen LogP) is 2.70. The molecule has 2 aromatic carbocycles. The quantitative estimate of drug-likeness (QED) is 0.832. The van der Waals surface area contributed by atoms with Gasteiger partial charge >= 0.3 is 0 Å². The molecule has 4 heteroatoms. The molecule has 2 rings (SSSR count). The number of benzene rings is 2. The maximum Gasteiger partial charge on any atom is 0.255 e. The molecule has 3 nitrogen and oxygen atoms in total. The second-order valence-electron chi connectivity index (χ2n) is 4.45. The Kier molecular flexibility index (Phi) is 4.70. The lowest BCUT2D eigenvalue weighted by Gasteiger charge is -2.09. The molecule has 0 aliphatic rings. The summed E-state index contributed by atoms with van der Waals surface area (Å²) in [4.78, 5) is 12.1. The fourth-order valence-electron chi connectivity index (χ4n) is 1.80. The Hall–Kier alpha value is -2.64. The molecule has 3 N–H and O–H groups in total. The van der Waals surface area contributed by atoms with Crippen molar-refractivity contribution in [1.82, 2.24) is 0 Å². The van der Waals surface area contributed by atoms with Gasteiger partial charge in [-0.05, 0) is 43.3 Å². The Labute approximate surface area is 123 Å². The Morgan fingerprint density at radius 1 is 1.24 bits per heavy atom. The van der Waals surface area contributed by atoms with Gasteiger partial charge in [-0.2, -0.15) is 0 Å². The number of anilines is 1. The summed E-state index contributed by atoms with van der Waals surface area (Å²) < 4.78 is 13.4. The summed E-state index contributed by atoms with van der Waals surface area (Å²) in [6.07, 6.45) is 0. The molecule has 106 valence electrons. The molecule has 0 heterocycles. The monoisotopic (exact) mass is 282 g/mol. The van der Waals surface area contributed by atoms with E-state index in [4.69, 9.17) is 5.73 Å². The molecule has 0 aromatic heterocycles. The van der Waals surface area contributed by atoms with Crippen molar-refractivity contribution >= 4 is 11.6 Å². The van der Waals surface area contributed by atoms with E-state index >= 15 is 0 Å².